The summed E-state index contributed by atoms with van der Waals surface area (Å²) in [6.45, 7) is 16.4. The molecule has 8 heteroatoms. The Morgan fingerprint density at radius 3 is 2.52 bits per heavy atom. The van der Waals surface area contributed by atoms with Crippen molar-refractivity contribution < 1.29 is 24.1 Å². The maximum atomic E-state index is 12.9. The molecule has 48 heavy (non-hydrogen) atoms. The van der Waals surface area contributed by atoms with E-state index in [9.17, 15) is 9.90 Å². The Bertz CT molecular complexity index is 1780. The van der Waals surface area contributed by atoms with Crippen LogP contribution in [0, 0.1) is 13.8 Å². The predicted octanol–water partition coefficient (Wildman–Crippen LogP) is 8.94. The minimum Gasteiger partial charge on any atom is -0.490 e. The monoisotopic (exact) mass is 653 g/mol. The second kappa shape index (κ2) is 13.6. The Morgan fingerprint density at radius 2 is 1.79 bits per heavy atom. The van der Waals surface area contributed by atoms with Gasteiger partial charge in [-0.25, -0.2) is 9.31 Å². The van der Waals surface area contributed by atoms with Crippen molar-refractivity contribution >= 4 is 17.2 Å². The fourth-order valence-corrected chi connectivity index (χ4v) is 7.11. The summed E-state index contributed by atoms with van der Waals surface area (Å²) in [6.07, 6.45) is 6.77. The molecule has 4 aromatic rings. The lowest BCUT2D eigenvalue weighted by Crippen LogP contribution is -2.45. The Kier molecular flexibility index (Phi) is 9.60. The smallest absolute Gasteiger partial charge is 0.337 e. The number of nitrogens with zero attached hydrogens (tertiary/aromatic N) is 3. The predicted molar refractivity (Wildman–Crippen MR) is 191 cm³/mol. The van der Waals surface area contributed by atoms with Crippen molar-refractivity contribution in [3.63, 3.8) is 0 Å². The number of aryl methyl sites for hydroxylation is 2. The van der Waals surface area contributed by atoms with Crippen LogP contribution >= 0.6 is 0 Å². The molecule has 1 saturated heterocycles. The quantitative estimate of drug-likeness (QED) is 0.236. The van der Waals surface area contributed by atoms with Crippen molar-refractivity contribution in [2.45, 2.75) is 110 Å². The SMILES string of the molecule is Cc1ccc2c(c1)-c1cccc(c1)-c1cc3c(c(C(OC(C)(C)C)C(=O)O)c(C)cn3n1)N1CCC(C)(CC1)OCCCCCC(C)O2. The number of benzene rings is 2. The molecule has 0 radical (unpaired) electrons. The van der Waals surface area contributed by atoms with Gasteiger partial charge in [-0.3, -0.25) is 0 Å². The van der Waals surface area contributed by atoms with E-state index < -0.39 is 17.7 Å². The molecule has 0 aliphatic carbocycles. The molecule has 0 amide bonds. The summed E-state index contributed by atoms with van der Waals surface area (Å²) < 4.78 is 21.3. The van der Waals surface area contributed by atoms with E-state index in [0.29, 0.717) is 5.56 Å². The summed E-state index contributed by atoms with van der Waals surface area (Å²) in [6, 6.07) is 16.9. The van der Waals surface area contributed by atoms with Crippen LogP contribution in [0.4, 0.5) is 5.69 Å². The Balaban J connectivity index is 1.52. The normalized spacial score (nSPS) is 21.4. The zero-order valence-corrected chi connectivity index (χ0v) is 29.6. The van der Waals surface area contributed by atoms with Gasteiger partial charge in [0.15, 0.2) is 6.10 Å². The number of piperidine rings is 1. The third-order valence-electron chi connectivity index (χ3n) is 9.71. The van der Waals surface area contributed by atoms with E-state index in [0.717, 1.165) is 103 Å². The van der Waals surface area contributed by atoms with Gasteiger partial charge in [0.05, 0.1) is 34.2 Å². The molecule has 2 aromatic heterocycles. The summed E-state index contributed by atoms with van der Waals surface area (Å²) in [7, 11) is 0. The van der Waals surface area contributed by atoms with Gasteiger partial charge in [-0.15, -0.1) is 0 Å². The molecule has 5 heterocycles. The number of carbonyl (C=O) groups is 1. The number of hydrogen-bond acceptors (Lipinski definition) is 6. The van der Waals surface area contributed by atoms with E-state index in [2.05, 4.69) is 74.2 Å². The van der Waals surface area contributed by atoms with Crippen LogP contribution in [0.5, 0.6) is 5.75 Å². The number of anilines is 1. The number of aromatic nitrogens is 2. The van der Waals surface area contributed by atoms with Crippen LogP contribution in [0.1, 0.15) is 95.9 Å². The molecule has 3 aliphatic heterocycles. The first kappa shape index (κ1) is 34.0. The van der Waals surface area contributed by atoms with E-state index in [-0.39, 0.29) is 11.7 Å². The summed E-state index contributed by atoms with van der Waals surface area (Å²) in [5.74, 6) is -0.119. The van der Waals surface area contributed by atoms with Gasteiger partial charge in [0.25, 0.3) is 0 Å². The van der Waals surface area contributed by atoms with Crippen LogP contribution in [0.25, 0.3) is 27.9 Å². The molecule has 1 N–H and O–H groups in total. The van der Waals surface area contributed by atoms with E-state index >= 15 is 0 Å². The lowest BCUT2D eigenvalue weighted by atomic mass is 9.91. The minimum absolute atomic E-state index is 0.0951. The lowest BCUT2D eigenvalue weighted by molar-refractivity contribution is -0.160. The number of hydrogen-bond donors (Lipinski definition) is 1. The van der Waals surface area contributed by atoms with Crippen molar-refractivity contribution in [3.05, 3.63) is 71.4 Å². The van der Waals surface area contributed by atoms with Crippen molar-refractivity contribution in [1.82, 2.24) is 9.61 Å². The van der Waals surface area contributed by atoms with Crippen LogP contribution < -0.4 is 9.64 Å². The number of rotatable bonds is 3. The molecular weight excluding hydrogens is 602 g/mol. The maximum Gasteiger partial charge on any atom is 0.337 e. The van der Waals surface area contributed by atoms with Gasteiger partial charge in [-0.2, -0.15) is 5.10 Å². The van der Waals surface area contributed by atoms with Crippen molar-refractivity contribution in [2.24, 2.45) is 0 Å². The van der Waals surface area contributed by atoms with Crippen molar-refractivity contribution in [1.29, 1.82) is 0 Å². The number of pyridine rings is 1. The number of aliphatic carboxylic acids is 1. The first-order valence-corrected chi connectivity index (χ1v) is 17.5. The van der Waals surface area contributed by atoms with Crippen LogP contribution in [0.2, 0.25) is 0 Å². The fourth-order valence-electron chi connectivity index (χ4n) is 7.11. The van der Waals surface area contributed by atoms with E-state index in [1.165, 1.54) is 5.56 Å². The summed E-state index contributed by atoms with van der Waals surface area (Å²) >= 11 is 0. The second-order valence-electron chi connectivity index (χ2n) is 15.0. The van der Waals surface area contributed by atoms with Crippen LogP contribution in [-0.4, -0.2) is 57.7 Å². The molecule has 3 aliphatic rings. The minimum atomic E-state index is -1.13. The first-order valence-electron chi connectivity index (χ1n) is 17.5. The molecule has 2 unspecified atom stereocenters. The molecule has 0 saturated carbocycles. The van der Waals surface area contributed by atoms with Gasteiger partial charge >= 0.3 is 5.97 Å². The highest BCUT2D eigenvalue weighted by atomic mass is 16.5. The van der Waals surface area contributed by atoms with E-state index in [1.807, 2.05) is 38.4 Å². The highest BCUT2D eigenvalue weighted by Crippen LogP contribution is 2.42. The lowest BCUT2D eigenvalue weighted by Gasteiger charge is -2.42. The van der Waals surface area contributed by atoms with Gasteiger partial charge in [0.1, 0.15) is 5.75 Å². The topological polar surface area (TPSA) is 85.5 Å². The molecule has 2 aromatic carbocycles. The Hall–Kier alpha value is -3.88. The molecule has 6 bridgehead atoms. The highest BCUT2D eigenvalue weighted by Gasteiger charge is 2.37. The molecule has 2 atom stereocenters. The largest absolute Gasteiger partial charge is 0.490 e. The van der Waals surface area contributed by atoms with Gasteiger partial charge < -0.3 is 24.2 Å². The maximum absolute atomic E-state index is 12.9. The Labute approximate surface area is 285 Å². The van der Waals surface area contributed by atoms with Gasteiger partial charge in [0, 0.05) is 42.6 Å². The third-order valence-corrected chi connectivity index (χ3v) is 9.71. The zero-order valence-electron chi connectivity index (χ0n) is 29.6. The van der Waals surface area contributed by atoms with E-state index in [1.54, 1.807) is 0 Å². The van der Waals surface area contributed by atoms with Gasteiger partial charge in [-0.1, -0.05) is 36.2 Å². The average Bonchev–Trinajstić information content (AvgIpc) is 3.45. The van der Waals surface area contributed by atoms with E-state index in [4.69, 9.17) is 19.3 Å². The molecule has 8 nitrogen and oxygen atoms in total. The summed E-state index contributed by atoms with van der Waals surface area (Å²) in [5, 5.41) is 15.6. The summed E-state index contributed by atoms with van der Waals surface area (Å²) in [5.41, 5.74) is 7.46. The molecule has 7 rings (SSSR count). The highest BCUT2D eigenvalue weighted by molar-refractivity contribution is 5.87. The van der Waals surface area contributed by atoms with Crippen LogP contribution in [0.15, 0.2) is 54.7 Å². The molecular formula is C40H51N3O5. The fraction of sp³-hybridized carbons (Fsp3) is 0.500. The Morgan fingerprint density at radius 1 is 1.04 bits per heavy atom. The van der Waals surface area contributed by atoms with Crippen molar-refractivity contribution in [2.75, 3.05) is 24.6 Å². The van der Waals surface area contributed by atoms with Crippen molar-refractivity contribution in [3.8, 4) is 28.1 Å². The number of carboxylic acids is 1. The van der Waals surface area contributed by atoms with Crippen LogP contribution in [-0.2, 0) is 14.3 Å². The number of fused-ring (bicyclic) bond motifs is 9. The molecule has 1 fully saturated rings. The summed E-state index contributed by atoms with van der Waals surface area (Å²) in [4.78, 5) is 15.2. The van der Waals surface area contributed by atoms with Gasteiger partial charge in [-0.05, 0) is 116 Å². The number of ether oxygens (including phenoxy) is 3. The molecule has 0 spiro atoms. The average molecular weight is 654 g/mol. The number of carboxylic acid groups (broad SMARTS) is 1. The van der Waals surface area contributed by atoms with Gasteiger partial charge in [0.2, 0.25) is 0 Å². The first-order chi connectivity index (χ1) is 22.8. The van der Waals surface area contributed by atoms with Crippen LogP contribution in [0.3, 0.4) is 0 Å². The zero-order chi connectivity index (χ0) is 34.2. The molecule has 256 valence electrons. The second-order valence-corrected chi connectivity index (χ2v) is 15.0. The third kappa shape index (κ3) is 7.40. The standard InChI is InChI=1S/C40H51N3O5/c1-26-15-16-34-31(22-26)29-13-11-14-30(23-29)32-24-33-36(35(27(2)25-43(33)41-32)37(38(44)45)48-39(4,5)6)42-19-17-40(7,18-20-42)46-21-10-8-9-12-28(3)47-34/h11,13-16,22-25,28,37H,8-10,12,17-21H2,1-7H3,(H,44,45).